The molecular weight excluding hydrogens is 428 g/mol. The molecule has 32 heavy (non-hydrogen) atoms. The van der Waals surface area contributed by atoms with E-state index in [0.29, 0.717) is 22.6 Å². The highest BCUT2D eigenvalue weighted by molar-refractivity contribution is 7.92. The zero-order chi connectivity index (χ0) is 22.1. The number of aromatic nitrogens is 2. The molecule has 9 heteroatoms. The molecule has 2 N–H and O–H groups in total. The summed E-state index contributed by atoms with van der Waals surface area (Å²) in [5, 5.41) is 2.62. The van der Waals surface area contributed by atoms with Crippen LogP contribution in [0.5, 0.6) is 5.75 Å². The van der Waals surface area contributed by atoms with Gasteiger partial charge in [0.25, 0.3) is 15.9 Å². The molecule has 1 aliphatic rings. The fraction of sp³-hybridized carbons (Fsp3) is 0.130. The van der Waals surface area contributed by atoms with E-state index in [1.54, 1.807) is 18.5 Å². The summed E-state index contributed by atoms with van der Waals surface area (Å²) in [5.74, 6) is 0.110. The van der Waals surface area contributed by atoms with Crippen LogP contribution in [0.15, 0.2) is 78.0 Å². The van der Waals surface area contributed by atoms with Crippen LogP contribution in [0.4, 0.5) is 11.4 Å². The zero-order valence-electron chi connectivity index (χ0n) is 17.0. The van der Waals surface area contributed by atoms with Gasteiger partial charge in [-0.15, -0.1) is 0 Å². The van der Waals surface area contributed by atoms with Crippen molar-refractivity contribution in [2.45, 2.75) is 17.9 Å². The molecule has 3 aromatic carbocycles. The van der Waals surface area contributed by atoms with Crippen LogP contribution in [0, 0.1) is 0 Å². The Labute approximate surface area is 184 Å². The highest BCUT2D eigenvalue weighted by atomic mass is 32.2. The van der Waals surface area contributed by atoms with Crippen molar-refractivity contribution in [3.05, 3.63) is 78.6 Å². The maximum Gasteiger partial charge on any atom is 0.262 e. The van der Waals surface area contributed by atoms with Crippen LogP contribution in [0.25, 0.3) is 11.0 Å². The highest BCUT2D eigenvalue weighted by Crippen LogP contribution is 2.31. The number of nitrogens with zero attached hydrogens (tertiary/aromatic N) is 2. The predicted molar refractivity (Wildman–Crippen MR) is 121 cm³/mol. The molecule has 1 amide bonds. The van der Waals surface area contributed by atoms with E-state index in [2.05, 4.69) is 27.2 Å². The molecule has 0 atom stereocenters. The van der Waals surface area contributed by atoms with E-state index in [9.17, 15) is 13.2 Å². The number of ether oxygens (including phenoxy) is 1. The smallest absolute Gasteiger partial charge is 0.262 e. The van der Waals surface area contributed by atoms with Gasteiger partial charge in [-0.3, -0.25) is 9.52 Å². The number of hydrogen-bond donors (Lipinski definition) is 2. The van der Waals surface area contributed by atoms with E-state index >= 15 is 0 Å². The molecule has 4 aromatic rings. The number of nitrogens with one attached hydrogen (secondary N) is 2. The first-order chi connectivity index (χ1) is 15.5. The van der Waals surface area contributed by atoms with Crippen molar-refractivity contribution >= 4 is 38.3 Å². The number of amides is 1. The van der Waals surface area contributed by atoms with E-state index in [1.807, 2.05) is 28.8 Å². The summed E-state index contributed by atoms with van der Waals surface area (Å²) in [6.45, 7) is 0.684. The van der Waals surface area contributed by atoms with Gasteiger partial charge in [0.1, 0.15) is 5.75 Å². The summed E-state index contributed by atoms with van der Waals surface area (Å²) in [6, 6.07) is 19.8. The minimum absolute atomic E-state index is 0.0236. The van der Waals surface area contributed by atoms with Crippen molar-refractivity contribution in [2.75, 3.05) is 16.6 Å². The third-order valence-electron chi connectivity index (χ3n) is 5.25. The van der Waals surface area contributed by atoms with E-state index in [4.69, 9.17) is 4.74 Å². The molecule has 0 spiro atoms. The second kappa shape index (κ2) is 8.01. The molecule has 0 radical (unpaired) electrons. The van der Waals surface area contributed by atoms with Crippen LogP contribution in [-0.4, -0.2) is 30.5 Å². The molecule has 2 heterocycles. The van der Waals surface area contributed by atoms with Gasteiger partial charge in [-0.2, -0.15) is 0 Å². The minimum atomic E-state index is -3.86. The summed E-state index contributed by atoms with van der Waals surface area (Å²) in [7, 11) is -3.86. The molecule has 0 fully saturated rings. The van der Waals surface area contributed by atoms with Crippen molar-refractivity contribution < 1.29 is 17.9 Å². The number of aryl methyl sites for hydroxylation is 2. The number of rotatable bonds is 6. The SMILES string of the molecule is O=C1COc2ccc(S(=O)(=O)Nc3ccc4c(c3)ncn4CCc3ccccc3)cc2N1. The Balaban J connectivity index is 1.35. The van der Waals surface area contributed by atoms with Gasteiger partial charge in [-0.05, 0) is 48.4 Å². The van der Waals surface area contributed by atoms with Crippen molar-refractivity contribution in [1.29, 1.82) is 0 Å². The normalized spacial score (nSPS) is 13.3. The van der Waals surface area contributed by atoms with E-state index in [1.165, 1.54) is 23.8 Å². The fourth-order valence-corrected chi connectivity index (χ4v) is 4.72. The molecule has 1 aliphatic heterocycles. The Hall–Kier alpha value is -3.85. The fourth-order valence-electron chi connectivity index (χ4n) is 3.64. The van der Waals surface area contributed by atoms with Crippen molar-refractivity contribution in [3.63, 3.8) is 0 Å². The molecule has 1 aromatic heterocycles. The number of anilines is 2. The lowest BCUT2D eigenvalue weighted by molar-refractivity contribution is -0.118. The first kappa shape index (κ1) is 20.1. The van der Waals surface area contributed by atoms with E-state index < -0.39 is 10.0 Å². The van der Waals surface area contributed by atoms with E-state index in [0.717, 1.165) is 18.5 Å². The minimum Gasteiger partial charge on any atom is -0.482 e. The Morgan fingerprint density at radius 2 is 1.91 bits per heavy atom. The molecule has 0 unspecified atom stereocenters. The Morgan fingerprint density at radius 1 is 1.06 bits per heavy atom. The summed E-state index contributed by atoms with van der Waals surface area (Å²) >= 11 is 0. The van der Waals surface area contributed by atoms with Crippen molar-refractivity contribution in [2.24, 2.45) is 0 Å². The lowest BCUT2D eigenvalue weighted by atomic mass is 10.1. The standard InChI is InChI=1S/C23H20N4O4S/c28-23-14-31-22-9-7-18(13-20(22)25-23)32(29,30)26-17-6-8-21-19(12-17)24-15-27(21)11-10-16-4-2-1-3-5-16/h1-9,12-13,15,26H,10-11,14H2,(H,25,28). The molecular formula is C23H20N4O4S. The van der Waals surface area contributed by atoms with Gasteiger partial charge in [0, 0.05) is 6.54 Å². The Bertz CT molecular complexity index is 1410. The molecule has 5 rings (SSSR count). The third-order valence-corrected chi connectivity index (χ3v) is 6.63. The number of carbonyl (C=O) groups excluding carboxylic acids is 1. The van der Waals surface area contributed by atoms with Gasteiger partial charge in [0.2, 0.25) is 0 Å². The van der Waals surface area contributed by atoms with Crippen molar-refractivity contribution in [3.8, 4) is 5.75 Å². The maximum atomic E-state index is 12.9. The number of imidazole rings is 1. The molecule has 0 aliphatic carbocycles. The van der Waals surface area contributed by atoms with Gasteiger partial charge < -0.3 is 14.6 Å². The lowest BCUT2D eigenvalue weighted by Gasteiger charge is -2.18. The molecule has 0 saturated carbocycles. The molecule has 8 nitrogen and oxygen atoms in total. The number of sulfonamides is 1. The summed E-state index contributed by atoms with van der Waals surface area (Å²) in [6.07, 6.45) is 2.64. The Morgan fingerprint density at radius 3 is 2.75 bits per heavy atom. The second-order valence-electron chi connectivity index (χ2n) is 7.48. The van der Waals surface area contributed by atoms with E-state index in [-0.39, 0.29) is 17.4 Å². The third kappa shape index (κ3) is 4.02. The van der Waals surface area contributed by atoms with Gasteiger partial charge >= 0.3 is 0 Å². The summed E-state index contributed by atoms with van der Waals surface area (Å²) < 4.78 is 35.7. The summed E-state index contributed by atoms with van der Waals surface area (Å²) in [5.41, 5.74) is 3.60. The molecule has 0 saturated heterocycles. The first-order valence-corrected chi connectivity index (χ1v) is 11.5. The van der Waals surface area contributed by atoms with Crippen LogP contribution in [0.2, 0.25) is 0 Å². The molecule has 162 valence electrons. The number of carbonyl (C=O) groups is 1. The van der Waals surface area contributed by atoms with Gasteiger partial charge in [0.15, 0.2) is 6.61 Å². The van der Waals surface area contributed by atoms with Crippen LogP contribution < -0.4 is 14.8 Å². The quantitative estimate of drug-likeness (QED) is 0.471. The summed E-state index contributed by atoms with van der Waals surface area (Å²) in [4.78, 5) is 16.0. The molecule has 0 bridgehead atoms. The number of hydrogen-bond acceptors (Lipinski definition) is 5. The van der Waals surface area contributed by atoms with Crippen LogP contribution in [0.1, 0.15) is 5.56 Å². The lowest BCUT2D eigenvalue weighted by Crippen LogP contribution is -2.25. The number of fused-ring (bicyclic) bond motifs is 2. The van der Waals surface area contributed by atoms with Crippen LogP contribution in [-0.2, 0) is 27.8 Å². The zero-order valence-corrected chi connectivity index (χ0v) is 17.8. The largest absolute Gasteiger partial charge is 0.482 e. The predicted octanol–water partition coefficient (Wildman–Crippen LogP) is 3.41. The maximum absolute atomic E-state index is 12.9. The van der Waals surface area contributed by atoms with Crippen molar-refractivity contribution in [1.82, 2.24) is 9.55 Å². The first-order valence-electron chi connectivity index (χ1n) is 10.1. The average Bonchev–Trinajstić information content (AvgIpc) is 3.19. The van der Waals surface area contributed by atoms with Gasteiger partial charge in [-0.25, -0.2) is 13.4 Å². The van der Waals surface area contributed by atoms with Crippen LogP contribution in [0.3, 0.4) is 0 Å². The topological polar surface area (TPSA) is 102 Å². The monoisotopic (exact) mass is 448 g/mol. The number of benzene rings is 3. The second-order valence-corrected chi connectivity index (χ2v) is 9.16. The highest BCUT2D eigenvalue weighted by Gasteiger charge is 2.21. The average molecular weight is 449 g/mol. The van der Waals surface area contributed by atoms with Gasteiger partial charge in [-0.1, -0.05) is 30.3 Å². The van der Waals surface area contributed by atoms with Gasteiger partial charge in [0.05, 0.1) is 33.6 Å². The van der Waals surface area contributed by atoms with Crippen LogP contribution >= 0.6 is 0 Å². The Kier molecular flexibility index (Phi) is 5.02.